The van der Waals surface area contributed by atoms with E-state index in [9.17, 15) is 9.59 Å². The molecule has 0 aromatic rings. The van der Waals surface area contributed by atoms with Crippen molar-refractivity contribution in [2.45, 2.75) is 38.3 Å². The fraction of sp³-hybridized carbons (Fsp3) is 0.846. The minimum Gasteiger partial charge on any atom is -0.481 e. The van der Waals surface area contributed by atoms with Crippen molar-refractivity contribution in [3.05, 3.63) is 0 Å². The Morgan fingerprint density at radius 2 is 1.79 bits per heavy atom. The number of aliphatic carboxylic acids is 1. The van der Waals surface area contributed by atoms with Gasteiger partial charge in [0.1, 0.15) is 0 Å². The number of amides is 2. The van der Waals surface area contributed by atoms with E-state index in [1.165, 1.54) is 0 Å². The number of nitrogens with zero attached hydrogens (tertiary/aromatic N) is 2. The molecule has 108 valence electrons. The molecule has 0 spiro atoms. The van der Waals surface area contributed by atoms with Gasteiger partial charge in [-0.3, -0.25) is 4.79 Å². The van der Waals surface area contributed by atoms with Crippen molar-refractivity contribution >= 4 is 12.0 Å². The monoisotopic (exact) mass is 270 g/mol. The molecular formula is C13H22N2O4. The maximum absolute atomic E-state index is 12.4. The fourth-order valence-corrected chi connectivity index (χ4v) is 3.00. The van der Waals surface area contributed by atoms with E-state index in [2.05, 4.69) is 0 Å². The molecule has 2 amide bonds. The summed E-state index contributed by atoms with van der Waals surface area (Å²) < 4.78 is 5.29. The van der Waals surface area contributed by atoms with Crippen LogP contribution < -0.4 is 0 Å². The Morgan fingerprint density at radius 3 is 2.26 bits per heavy atom. The number of methoxy groups -OCH3 is 1. The number of carbonyl (C=O) groups is 2. The SMILES string of the molecule is COC1CCN(C(=O)N2CCC(C(=O)O)C2C)CC1. The third-order valence-electron chi connectivity index (χ3n) is 4.36. The molecule has 2 aliphatic rings. The second-order valence-electron chi connectivity index (χ2n) is 5.37. The second-order valence-corrected chi connectivity index (χ2v) is 5.37. The number of carboxylic acids is 1. The Balaban J connectivity index is 1.92. The number of likely N-dealkylation sites (tertiary alicyclic amines) is 2. The highest BCUT2D eigenvalue weighted by molar-refractivity contribution is 5.78. The van der Waals surface area contributed by atoms with Crippen molar-refractivity contribution < 1.29 is 19.4 Å². The Bertz CT molecular complexity index is 353. The standard InChI is InChI=1S/C13H22N2O4/c1-9-11(12(16)17)5-8-15(9)13(18)14-6-3-10(19-2)4-7-14/h9-11H,3-8H2,1-2H3,(H,16,17). The van der Waals surface area contributed by atoms with Crippen LogP contribution in [0.2, 0.25) is 0 Å². The van der Waals surface area contributed by atoms with Crippen LogP contribution in [0.25, 0.3) is 0 Å². The van der Waals surface area contributed by atoms with Crippen LogP contribution in [0.1, 0.15) is 26.2 Å². The van der Waals surface area contributed by atoms with Crippen LogP contribution in [0.3, 0.4) is 0 Å². The molecule has 19 heavy (non-hydrogen) atoms. The molecule has 0 aromatic heterocycles. The maximum Gasteiger partial charge on any atom is 0.320 e. The lowest BCUT2D eigenvalue weighted by Crippen LogP contribution is -2.49. The van der Waals surface area contributed by atoms with Crippen LogP contribution in [-0.2, 0) is 9.53 Å². The van der Waals surface area contributed by atoms with Gasteiger partial charge in [-0.1, -0.05) is 0 Å². The van der Waals surface area contributed by atoms with Crippen LogP contribution in [0.5, 0.6) is 0 Å². The molecule has 0 aliphatic carbocycles. The molecule has 2 heterocycles. The molecular weight excluding hydrogens is 248 g/mol. The van der Waals surface area contributed by atoms with Crippen molar-refractivity contribution in [1.29, 1.82) is 0 Å². The van der Waals surface area contributed by atoms with Crippen molar-refractivity contribution in [2.24, 2.45) is 5.92 Å². The molecule has 0 saturated carbocycles. The minimum absolute atomic E-state index is 0.0224. The quantitative estimate of drug-likeness (QED) is 0.813. The number of carbonyl (C=O) groups excluding carboxylic acids is 1. The average molecular weight is 270 g/mol. The van der Waals surface area contributed by atoms with Crippen molar-refractivity contribution in [3.63, 3.8) is 0 Å². The molecule has 1 N–H and O–H groups in total. The lowest BCUT2D eigenvalue weighted by atomic mass is 10.0. The third-order valence-corrected chi connectivity index (χ3v) is 4.36. The van der Waals surface area contributed by atoms with E-state index in [0.29, 0.717) is 26.1 Å². The van der Waals surface area contributed by atoms with Gasteiger partial charge in [-0.15, -0.1) is 0 Å². The van der Waals surface area contributed by atoms with Crippen LogP contribution in [0.4, 0.5) is 4.79 Å². The predicted molar refractivity (Wildman–Crippen MR) is 68.9 cm³/mol. The molecule has 2 saturated heterocycles. The first-order valence-electron chi connectivity index (χ1n) is 6.85. The van der Waals surface area contributed by atoms with E-state index < -0.39 is 11.9 Å². The van der Waals surface area contributed by atoms with Crippen molar-refractivity contribution in [3.8, 4) is 0 Å². The molecule has 0 aromatic carbocycles. The molecule has 6 heteroatoms. The summed E-state index contributed by atoms with van der Waals surface area (Å²) >= 11 is 0. The topological polar surface area (TPSA) is 70.1 Å². The van der Waals surface area contributed by atoms with Gasteiger partial charge in [0, 0.05) is 32.8 Å². The second kappa shape index (κ2) is 5.77. The molecule has 0 radical (unpaired) electrons. The van der Waals surface area contributed by atoms with Gasteiger partial charge in [0.05, 0.1) is 12.0 Å². The van der Waals surface area contributed by atoms with Crippen LogP contribution >= 0.6 is 0 Å². The number of hydrogen-bond acceptors (Lipinski definition) is 3. The molecule has 2 rings (SSSR count). The van der Waals surface area contributed by atoms with Gasteiger partial charge in [-0.25, -0.2) is 4.79 Å². The van der Waals surface area contributed by atoms with Crippen LogP contribution in [0, 0.1) is 5.92 Å². The molecule has 2 aliphatic heterocycles. The van der Waals surface area contributed by atoms with Crippen molar-refractivity contribution in [2.75, 3.05) is 26.7 Å². The first-order chi connectivity index (χ1) is 9.04. The predicted octanol–water partition coefficient (Wildman–Crippen LogP) is 1.01. The average Bonchev–Trinajstić information content (AvgIpc) is 2.80. The zero-order valence-corrected chi connectivity index (χ0v) is 11.5. The number of ether oxygens (including phenoxy) is 1. The molecule has 6 nitrogen and oxygen atoms in total. The van der Waals surface area contributed by atoms with Gasteiger partial charge < -0.3 is 19.6 Å². The van der Waals surface area contributed by atoms with E-state index in [-0.39, 0.29) is 18.2 Å². The first kappa shape index (κ1) is 14.1. The summed E-state index contributed by atoms with van der Waals surface area (Å²) in [6, 6.07) is -0.240. The van der Waals surface area contributed by atoms with E-state index in [4.69, 9.17) is 9.84 Å². The Labute approximate surface area is 113 Å². The van der Waals surface area contributed by atoms with E-state index in [1.807, 2.05) is 11.8 Å². The molecule has 2 fully saturated rings. The van der Waals surface area contributed by atoms with Gasteiger partial charge in [-0.05, 0) is 26.2 Å². The summed E-state index contributed by atoms with van der Waals surface area (Å²) in [5.74, 6) is -1.23. The number of urea groups is 1. The maximum atomic E-state index is 12.4. The van der Waals surface area contributed by atoms with Gasteiger partial charge in [0.2, 0.25) is 0 Å². The Kier molecular flexibility index (Phi) is 4.29. The largest absolute Gasteiger partial charge is 0.481 e. The smallest absolute Gasteiger partial charge is 0.320 e. The fourth-order valence-electron chi connectivity index (χ4n) is 3.00. The molecule has 2 atom stereocenters. The summed E-state index contributed by atoms with van der Waals surface area (Å²) in [6.07, 6.45) is 2.50. The number of rotatable bonds is 2. The van der Waals surface area contributed by atoms with Crippen LogP contribution in [-0.4, -0.2) is 65.8 Å². The van der Waals surface area contributed by atoms with E-state index in [1.54, 1.807) is 12.0 Å². The number of carboxylic acid groups (broad SMARTS) is 1. The van der Waals surface area contributed by atoms with Gasteiger partial charge in [0.15, 0.2) is 0 Å². The van der Waals surface area contributed by atoms with Gasteiger partial charge >= 0.3 is 12.0 Å². The summed E-state index contributed by atoms with van der Waals surface area (Å²) in [6.45, 7) is 3.75. The highest BCUT2D eigenvalue weighted by atomic mass is 16.5. The normalized spacial score (nSPS) is 28.7. The summed E-state index contributed by atoms with van der Waals surface area (Å²) in [5.41, 5.74) is 0. The van der Waals surface area contributed by atoms with Gasteiger partial charge in [-0.2, -0.15) is 0 Å². The van der Waals surface area contributed by atoms with Crippen LogP contribution in [0.15, 0.2) is 0 Å². The lowest BCUT2D eigenvalue weighted by molar-refractivity contribution is -0.142. The first-order valence-corrected chi connectivity index (χ1v) is 6.85. The minimum atomic E-state index is -0.805. The summed E-state index contributed by atoms with van der Waals surface area (Å²) in [7, 11) is 1.70. The van der Waals surface area contributed by atoms with Gasteiger partial charge in [0.25, 0.3) is 0 Å². The highest BCUT2D eigenvalue weighted by Crippen LogP contribution is 2.26. The van der Waals surface area contributed by atoms with E-state index >= 15 is 0 Å². The summed E-state index contributed by atoms with van der Waals surface area (Å²) in [5, 5.41) is 9.09. The zero-order chi connectivity index (χ0) is 14.0. The summed E-state index contributed by atoms with van der Waals surface area (Å²) in [4.78, 5) is 27.0. The number of hydrogen-bond donors (Lipinski definition) is 1. The Morgan fingerprint density at radius 1 is 1.16 bits per heavy atom. The number of piperidine rings is 1. The van der Waals surface area contributed by atoms with E-state index in [0.717, 1.165) is 12.8 Å². The highest BCUT2D eigenvalue weighted by Gasteiger charge is 2.40. The van der Waals surface area contributed by atoms with Crippen molar-refractivity contribution in [1.82, 2.24) is 9.80 Å². The zero-order valence-electron chi connectivity index (χ0n) is 11.5. The Hall–Kier alpha value is -1.30. The third kappa shape index (κ3) is 2.83. The molecule has 0 bridgehead atoms. The molecule has 2 unspecified atom stereocenters. The lowest BCUT2D eigenvalue weighted by Gasteiger charge is -2.35.